The van der Waals surface area contributed by atoms with E-state index in [0.717, 1.165) is 31.0 Å². The van der Waals surface area contributed by atoms with Gasteiger partial charge in [0, 0.05) is 31.3 Å². The molecule has 0 aromatic heterocycles. The van der Waals surface area contributed by atoms with Gasteiger partial charge in [0.1, 0.15) is 0 Å². The molecule has 1 saturated heterocycles. The van der Waals surface area contributed by atoms with Crippen LogP contribution in [0.5, 0.6) is 0 Å². The molecule has 0 bridgehead atoms. The second-order valence-corrected chi connectivity index (χ2v) is 9.66. The second kappa shape index (κ2) is 13.0. The van der Waals surface area contributed by atoms with E-state index < -0.39 is 11.9 Å². The van der Waals surface area contributed by atoms with Crippen LogP contribution >= 0.6 is 23.2 Å². The first-order valence-corrected chi connectivity index (χ1v) is 11.9. The second-order valence-electron chi connectivity index (χ2n) is 8.85. The van der Waals surface area contributed by atoms with E-state index >= 15 is 0 Å². The minimum absolute atomic E-state index is 0.217. The number of nitrogens with zero attached hydrogens (tertiary/aromatic N) is 2. The fraction of sp³-hybridized carbons (Fsp3) is 0.542. The third kappa shape index (κ3) is 8.65. The number of fused-ring (bicyclic) bond motifs is 1. The van der Waals surface area contributed by atoms with E-state index in [2.05, 4.69) is 23.9 Å². The van der Waals surface area contributed by atoms with Crippen LogP contribution in [0.2, 0.25) is 10.0 Å². The molecule has 2 fully saturated rings. The van der Waals surface area contributed by atoms with Crippen LogP contribution in [0, 0.1) is 11.8 Å². The fourth-order valence-corrected chi connectivity index (χ4v) is 5.11. The quantitative estimate of drug-likeness (QED) is 0.569. The van der Waals surface area contributed by atoms with Crippen LogP contribution in [0.1, 0.15) is 37.7 Å². The molecule has 3 rings (SSSR count). The Labute approximate surface area is 205 Å². The van der Waals surface area contributed by atoms with E-state index in [4.69, 9.17) is 33.4 Å². The largest absolute Gasteiger partial charge is 0.478 e. The molecule has 0 radical (unpaired) electrons. The number of carboxylic acid groups (broad SMARTS) is 2. The maximum atomic E-state index is 13.1. The molecule has 7 nitrogen and oxygen atoms in total. The number of halogens is 2. The van der Waals surface area contributed by atoms with Crippen LogP contribution < -0.4 is 0 Å². The van der Waals surface area contributed by atoms with E-state index in [1.807, 2.05) is 12.1 Å². The summed E-state index contributed by atoms with van der Waals surface area (Å²) < 4.78 is 0. The van der Waals surface area contributed by atoms with Crippen LogP contribution in [0.4, 0.5) is 0 Å². The fourth-order valence-electron chi connectivity index (χ4n) is 4.79. The Morgan fingerprint density at radius 2 is 1.67 bits per heavy atom. The predicted molar refractivity (Wildman–Crippen MR) is 129 cm³/mol. The lowest BCUT2D eigenvalue weighted by molar-refractivity contribution is -0.138. The van der Waals surface area contributed by atoms with Crippen LogP contribution in [0.15, 0.2) is 30.4 Å². The SMILES string of the molecule is CN(C)CC1C2CCCCC2CCN1C(=O)Cc1ccc(Cl)c(Cl)c1.O=C(O)/C=C\C(=O)O. The summed E-state index contributed by atoms with van der Waals surface area (Å²) in [6, 6.07) is 5.83. The van der Waals surface area contributed by atoms with Gasteiger partial charge in [0.25, 0.3) is 0 Å². The summed E-state index contributed by atoms with van der Waals surface area (Å²) in [4.78, 5) is 36.5. The van der Waals surface area contributed by atoms with Crippen LogP contribution in [0.3, 0.4) is 0 Å². The van der Waals surface area contributed by atoms with Gasteiger partial charge in [0.2, 0.25) is 5.91 Å². The number of carboxylic acids is 2. The van der Waals surface area contributed by atoms with Crippen molar-refractivity contribution >= 4 is 41.0 Å². The zero-order chi connectivity index (χ0) is 24.5. The highest BCUT2D eigenvalue weighted by atomic mass is 35.5. The Bertz CT molecular complexity index is 858. The molecule has 0 spiro atoms. The van der Waals surface area contributed by atoms with E-state index in [9.17, 15) is 14.4 Å². The number of likely N-dealkylation sites (N-methyl/N-ethyl adjacent to an activating group) is 1. The van der Waals surface area contributed by atoms with Gasteiger partial charge in [-0.2, -0.15) is 0 Å². The van der Waals surface area contributed by atoms with Crippen molar-refractivity contribution in [3.05, 3.63) is 46.0 Å². The Morgan fingerprint density at radius 3 is 2.24 bits per heavy atom. The number of carbonyl (C=O) groups excluding carboxylic acids is 1. The Balaban J connectivity index is 0.000000414. The zero-order valence-corrected chi connectivity index (χ0v) is 20.6. The molecule has 1 aromatic carbocycles. The molecule has 1 saturated carbocycles. The Kier molecular flexibility index (Phi) is 10.7. The van der Waals surface area contributed by atoms with Crippen molar-refractivity contribution in [1.29, 1.82) is 0 Å². The number of piperidine rings is 1. The third-order valence-electron chi connectivity index (χ3n) is 6.18. The molecule has 1 aliphatic heterocycles. The summed E-state index contributed by atoms with van der Waals surface area (Å²) in [5, 5.41) is 16.7. The number of rotatable bonds is 6. The third-order valence-corrected chi connectivity index (χ3v) is 6.92. The van der Waals surface area contributed by atoms with Crippen molar-refractivity contribution in [2.45, 2.75) is 44.6 Å². The first-order chi connectivity index (χ1) is 15.6. The lowest BCUT2D eigenvalue weighted by atomic mass is 9.70. The molecule has 3 unspecified atom stereocenters. The average Bonchev–Trinajstić information content (AvgIpc) is 2.75. The van der Waals surface area contributed by atoms with Crippen molar-refractivity contribution in [1.82, 2.24) is 9.80 Å². The molecule has 1 aliphatic carbocycles. The van der Waals surface area contributed by atoms with E-state index in [1.165, 1.54) is 25.7 Å². The average molecular weight is 499 g/mol. The molecule has 1 aromatic rings. The first kappa shape index (κ1) is 27.2. The number of amides is 1. The van der Waals surface area contributed by atoms with Gasteiger partial charge < -0.3 is 20.0 Å². The number of hydrogen-bond donors (Lipinski definition) is 2. The van der Waals surface area contributed by atoms with Gasteiger partial charge in [0.15, 0.2) is 0 Å². The lowest BCUT2D eigenvalue weighted by Gasteiger charge is -2.48. The molecule has 2 N–H and O–H groups in total. The standard InChI is InChI=1S/C20H28Cl2N2O.C4H4O4/c1-23(2)13-19-16-6-4-3-5-15(16)9-10-24(19)20(25)12-14-7-8-17(21)18(22)11-14;5-3(6)1-2-4(7)8/h7-8,11,15-16,19H,3-6,9-10,12-13H2,1-2H3;1-2H,(H,5,6)(H,7,8)/b;2-1-. The van der Waals surface area contributed by atoms with Crippen molar-refractivity contribution in [3.63, 3.8) is 0 Å². The maximum absolute atomic E-state index is 13.1. The molecular weight excluding hydrogens is 467 g/mol. The minimum atomic E-state index is -1.26. The van der Waals surface area contributed by atoms with Crippen LogP contribution in [0.25, 0.3) is 0 Å². The topological polar surface area (TPSA) is 98.2 Å². The number of likely N-dealkylation sites (tertiary alicyclic amines) is 1. The van der Waals surface area contributed by atoms with Gasteiger partial charge >= 0.3 is 11.9 Å². The van der Waals surface area contributed by atoms with Gasteiger partial charge in [-0.05, 0) is 56.5 Å². The highest BCUT2D eigenvalue weighted by molar-refractivity contribution is 6.42. The van der Waals surface area contributed by atoms with Crippen molar-refractivity contribution in [2.75, 3.05) is 27.2 Å². The highest BCUT2D eigenvalue weighted by Crippen LogP contribution is 2.40. The number of aliphatic carboxylic acids is 2. The predicted octanol–water partition coefficient (Wildman–Crippen LogP) is 4.22. The van der Waals surface area contributed by atoms with Gasteiger partial charge in [-0.1, -0.05) is 48.5 Å². The van der Waals surface area contributed by atoms with Crippen LogP contribution in [-0.4, -0.2) is 71.1 Å². The van der Waals surface area contributed by atoms with Crippen LogP contribution in [-0.2, 0) is 20.8 Å². The number of benzene rings is 1. The Morgan fingerprint density at radius 1 is 1.03 bits per heavy atom. The molecule has 9 heteroatoms. The molecule has 182 valence electrons. The first-order valence-electron chi connectivity index (χ1n) is 11.1. The van der Waals surface area contributed by atoms with E-state index in [-0.39, 0.29) is 5.91 Å². The monoisotopic (exact) mass is 498 g/mol. The molecule has 33 heavy (non-hydrogen) atoms. The summed E-state index contributed by atoms with van der Waals surface area (Å²) >= 11 is 12.1. The number of carbonyl (C=O) groups is 3. The summed E-state index contributed by atoms with van der Waals surface area (Å²) in [5.74, 6) is -0.843. The smallest absolute Gasteiger partial charge is 0.328 e. The summed E-state index contributed by atoms with van der Waals surface area (Å²) in [5.41, 5.74) is 0.939. The summed E-state index contributed by atoms with van der Waals surface area (Å²) in [7, 11) is 4.21. The minimum Gasteiger partial charge on any atom is -0.478 e. The molecule has 3 atom stereocenters. The van der Waals surface area contributed by atoms with E-state index in [0.29, 0.717) is 40.6 Å². The van der Waals surface area contributed by atoms with Gasteiger partial charge in [-0.3, -0.25) is 4.79 Å². The van der Waals surface area contributed by atoms with Gasteiger partial charge in [0.05, 0.1) is 16.5 Å². The molecule has 1 amide bonds. The van der Waals surface area contributed by atoms with Crippen molar-refractivity contribution in [2.24, 2.45) is 11.8 Å². The normalized spacial score (nSPS) is 22.5. The number of hydrogen-bond acceptors (Lipinski definition) is 4. The van der Waals surface area contributed by atoms with E-state index in [1.54, 1.807) is 6.07 Å². The van der Waals surface area contributed by atoms with Crippen molar-refractivity contribution < 1.29 is 24.6 Å². The lowest BCUT2D eigenvalue weighted by Crippen LogP contribution is -2.56. The maximum Gasteiger partial charge on any atom is 0.328 e. The highest BCUT2D eigenvalue weighted by Gasteiger charge is 2.40. The Hall–Kier alpha value is -2.09. The molecular formula is C24H32Cl2N2O5. The summed E-state index contributed by atoms with van der Waals surface area (Å²) in [6.07, 6.45) is 7.93. The van der Waals surface area contributed by atoms with Gasteiger partial charge in [-0.25, -0.2) is 9.59 Å². The van der Waals surface area contributed by atoms with Gasteiger partial charge in [-0.15, -0.1) is 0 Å². The molecule has 1 heterocycles. The molecule has 2 aliphatic rings. The summed E-state index contributed by atoms with van der Waals surface area (Å²) in [6.45, 7) is 1.84. The zero-order valence-electron chi connectivity index (χ0n) is 19.0. The van der Waals surface area contributed by atoms with Crippen molar-refractivity contribution in [3.8, 4) is 0 Å².